The van der Waals surface area contributed by atoms with Crippen LogP contribution in [0.4, 0.5) is 4.79 Å². The Morgan fingerprint density at radius 3 is 2.64 bits per heavy atom. The minimum atomic E-state index is -1.22. The van der Waals surface area contributed by atoms with Crippen LogP contribution in [0.1, 0.15) is 6.42 Å². The molecule has 0 aliphatic carbocycles. The first-order chi connectivity index (χ1) is 10.1. The first-order valence-electron chi connectivity index (χ1n) is 7.24. The molecule has 0 bridgehead atoms. The first-order valence-corrected chi connectivity index (χ1v) is 10.3. The SMILES string of the molecule is C=C1NC(=O)N(C)C=C1[C@@H]1OC(CCP(=C)(C)C)[C@@H](O)[C@H]1O. The molecule has 22 heavy (non-hydrogen) atoms. The molecule has 7 heteroatoms. The molecule has 4 atom stereocenters. The smallest absolute Gasteiger partial charge is 0.325 e. The van der Waals surface area contributed by atoms with Gasteiger partial charge in [0.05, 0.1) is 6.10 Å². The molecule has 2 aliphatic heterocycles. The third kappa shape index (κ3) is 3.63. The maximum atomic E-state index is 11.5. The van der Waals surface area contributed by atoms with E-state index < -0.39 is 31.3 Å². The molecule has 2 aliphatic rings. The quantitative estimate of drug-likeness (QED) is 0.661. The molecule has 1 unspecified atom stereocenters. The third-order valence-corrected chi connectivity index (χ3v) is 5.42. The van der Waals surface area contributed by atoms with E-state index in [1.807, 2.05) is 0 Å². The molecule has 0 aromatic rings. The Balaban J connectivity index is 2.13. The van der Waals surface area contributed by atoms with Gasteiger partial charge in [-0.2, -0.15) is 0 Å². The van der Waals surface area contributed by atoms with Crippen molar-refractivity contribution in [2.24, 2.45) is 0 Å². The van der Waals surface area contributed by atoms with Gasteiger partial charge in [0.15, 0.2) is 0 Å². The predicted octanol–water partition coefficient (Wildman–Crippen LogP) is 0.627. The van der Waals surface area contributed by atoms with Crippen molar-refractivity contribution in [1.82, 2.24) is 10.2 Å². The molecule has 0 saturated carbocycles. The van der Waals surface area contributed by atoms with Gasteiger partial charge in [0.1, 0.15) is 18.3 Å². The molecular weight excluding hydrogens is 303 g/mol. The van der Waals surface area contributed by atoms with Gasteiger partial charge in [-0.15, -0.1) is 13.2 Å². The fraction of sp³-hybridized carbons (Fsp3) is 0.600. The van der Waals surface area contributed by atoms with Crippen molar-refractivity contribution in [3.05, 3.63) is 24.0 Å². The zero-order valence-corrected chi connectivity index (χ0v) is 14.2. The summed E-state index contributed by atoms with van der Waals surface area (Å²) in [5, 5.41) is 23.1. The van der Waals surface area contributed by atoms with Crippen molar-refractivity contribution in [2.45, 2.75) is 30.8 Å². The van der Waals surface area contributed by atoms with Crippen LogP contribution >= 0.6 is 6.89 Å². The van der Waals surface area contributed by atoms with Crippen LogP contribution < -0.4 is 5.32 Å². The number of rotatable bonds is 4. The Morgan fingerprint density at radius 1 is 1.41 bits per heavy atom. The number of amides is 2. The van der Waals surface area contributed by atoms with Crippen molar-refractivity contribution in [3.63, 3.8) is 0 Å². The highest BCUT2D eigenvalue weighted by Crippen LogP contribution is 2.39. The van der Waals surface area contributed by atoms with E-state index in [1.165, 1.54) is 4.90 Å². The van der Waals surface area contributed by atoms with Crippen LogP contribution in [-0.4, -0.2) is 78.4 Å². The molecule has 124 valence electrons. The minimum Gasteiger partial charge on any atom is -0.388 e. The van der Waals surface area contributed by atoms with E-state index in [0.717, 1.165) is 6.16 Å². The van der Waals surface area contributed by atoms with E-state index in [9.17, 15) is 15.0 Å². The highest BCUT2D eigenvalue weighted by molar-refractivity contribution is 7.72. The van der Waals surface area contributed by atoms with Crippen LogP contribution in [0.3, 0.4) is 0 Å². The van der Waals surface area contributed by atoms with E-state index in [1.54, 1.807) is 13.2 Å². The van der Waals surface area contributed by atoms with Crippen LogP contribution in [0, 0.1) is 0 Å². The average Bonchev–Trinajstić information content (AvgIpc) is 2.68. The highest BCUT2D eigenvalue weighted by atomic mass is 31.2. The Bertz CT molecular complexity index is 554. The topological polar surface area (TPSA) is 82.0 Å². The fourth-order valence-corrected chi connectivity index (χ4v) is 3.55. The normalized spacial score (nSPS) is 33.0. The number of aliphatic hydroxyl groups excluding tert-OH is 2. The summed E-state index contributed by atoms with van der Waals surface area (Å²) in [4.78, 5) is 12.9. The maximum Gasteiger partial charge on any atom is 0.325 e. The second kappa shape index (κ2) is 6.20. The first kappa shape index (κ1) is 17.3. The maximum absolute atomic E-state index is 11.5. The Kier molecular flexibility index (Phi) is 4.87. The summed E-state index contributed by atoms with van der Waals surface area (Å²) in [5.74, 6) is 0. The molecule has 3 N–H and O–H groups in total. The van der Waals surface area contributed by atoms with Gasteiger partial charge in [0.2, 0.25) is 0 Å². The number of urea groups is 1. The van der Waals surface area contributed by atoms with Crippen molar-refractivity contribution < 1.29 is 19.7 Å². The second-order valence-electron chi connectivity index (χ2n) is 6.63. The van der Waals surface area contributed by atoms with Crippen LogP contribution in [0.15, 0.2) is 24.0 Å². The number of carbonyl (C=O) groups excluding carboxylic acids is 1. The molecule has 2 rings (SSSR count). The molecule has 0 spiro atoms. The number of hydrogen-bond donors (Lipinski definition) is 3. The monoisotopic (exact) mass is 328 g/mol. The van der Waals surface area contributed by atoms with Gasteiger partial charge in [-0.3, -0.25) is 0 Å². The van der Waals surface area contributed by atoms with E-state index in [2.05, 4.69) is 31.5 Å². The molecule has 1 saturated heterocycles. The average molecular weight is 328 g/mol. The molecule has 0 aromatic heterocycles. The van der Waals surface area contributed by atoms with Crippen LogP contribution in [0.25, 0.3) is 0 Å². The summed E-state index contributed by atoms with van der Waals surface area (Å²) >= 11 is 0. The van der Waals surface area contributed by atoms with Gasteiger partial charge in [-0.25, -0.2) is 4.79 Å². The van der Waals surface area contributed by atoms with E-state index >= 15 is 0 Å². The van der Waals surface area contributed by atoms with Crippen molar-refractivity contribution in [2.75, 3.05) is 26.5 Å². The van der Waals surface area contributed by atoms with E-state index in [4.69, 9.17) is 4.74 Å². The lowest BCUT2D eigenvalue weighted by Gasteiger charge is -2.28. The lowest BCUT2D eigenvalue weighted by molar-refractivity contribution is 0.0187. The summed E-state index contributed by atoms with van der Waals surface area (Å²) in [7, 11) is 1.60. The number of ether oxygens (including phenoxy) is 1. The third-order valence-electron chi connectivity index (χ3n) is 3.95. The van der Waals surface area contributed by atoms with Crippen LogP contribution in [0.5, 0.6) is 0 Å². The summed E-state index contributed by atoms with van der Waals surface area (Å²) in [6, 6.07) is -0.290. The lowest BCUT2D eigenvalue weighted by atomic mass is 9.99. The van der Waals surface area contributed by atoms with Gasteiger partial charge in [-0.1, -0.05) is 6.58 Å². The Morgan fingerprint density at radius 2 is 2.05 bits per heavy atom. The van der Waals surface area contributed by atoms with Crippen molar-refractivity contribution in [3.8, 4) is 0 Å². The van der Waals surface area contributed by atoms with Gasteiger partial charge in [0.25, 0.3) is 0 Å². The predicted molar refractivity (Wildman–Crippen MR) is 89.6 cm³/mol. The summed E-state index contributed by atoms with van der Waals surface area (Å²) in [5.41, 5.74) is 0.977. The Labute approximate surface area is 131 Å². The highest BCUT2D eigenvalue weighted by Gasteiger charge is 2.45. The number of aliphatic hydroxyl groups is 2. The number of hydrogen-bond acceptors (Lipinski definition) is 4. The van der Waals surface area contributed by atoms with E-state index in [-0.39, 0.29) is 6.03 Å². The van der Waals surface area contributed by atoms with Gasteiger partial charge >= 0.3 is 6.03 Å². The fourth-order valence-electron chi connectivity index (χ4n) is 2.60. The summed E-state index contributed by atoms with van der Waals surface area (Å²) < 4.78 is 5.86. The molecule has 2 heterocycles. The molecule has 0 radical (unpaired) electrons. The van der Waals surface area contributed by atoms with Crippen LogP contribution in [-0.2, 0) is 4.74 Å². The van der Waals surface area contributed by atoms with Gasteiger partial charge < -0.3 is 25.2 Å². The molecule has 0 aromatic carbocycles. The van der Waals surface area contributed by atoms with Crippen molar-refractivity contribution >= 4 is 19.2 Å². The molecule has 6 nitrogen and oxygen atoms in total. The molecule has 1 fully saturated rings. The molecule has 2 amide bonds. The van der Waals surface area contributed by atoms with Gasteiger partial charge in [0, 0.05) is 24.5 Å². The summed E-state index contributed by atoms with van der Waals surface area (Å²) in [6.07, 6.45) is 4.15. The second-order valence-corrected chi connectivity index (χ2v) is 10.9. The standard InChI is InChI=1S/C15H25N2O4P/c1-9-10(8-17(2)15(20)16-9)14-13(19)12(18)11(21-14)6-7-22(3,4)5/h8,11-14,18-19H,1,3,6-7H2,2,4-5H3,(H,16,20)/t11?,12-,13-,14+/m1/s1. The summed E-state index contributed by atoms with van der Waals surface area (Å²) in [6.45, 7) is 6.82. The van der Waals surface area contributed by atoms with Gasteiger partial charge in [-0.05, 0) is 25.9 Å². The van der Waals surface area contributed by atoms with E-state index in [0.29, 0.717) is 17.7 Å². The molecular formula is C15H25N2O4P. The zero-order chi connectivity index (χ0) is 16.7. The lowest BCUT2D eigenvalue weighted by Crippen LogP contribution is -2.42. The largest absolute Gasteiger partial charge is 0.388 e. The number of nitrogens with zero attached hydrogens (tertiary/aromatic N) is 1. The number of nitrogens with one attached hydrogen (secondary N) is 1. The number of carbonyl (C=O) groups is 1. The zero-order valence-electron chi connectivity index (χ0n) is 13.3. The Hall–Kier alpha value is -1.07. The minimum absolute atomic E-state index is 0.290. The van der Waals surface area contributed by atoms with Crippen molar-refractivity contribution in [1.29, 1.82) is 0 Å². The van der Waals surface area contributed by atoms with Crippen LogP contribution in [0.2, 0.25) is 0 Å².